The summed E-state index contributed by atoms with van der Waals surface area (Å²) < 4.78 is 1.88. The molecular formula is C16H13N5O2S. The minimum absolute atomic E-state index is 0.0132. The highest BCUT2D eigenvalue weighted by molar-refractivity contribution is 7.71. The predicted octanol–water partition coefficient (Wildman–Crippen LogP) is 3.32. The van der Waals surface area contributed by atoms with Gasteiger partial charge in [-0.15, -0.1) is 0 Å². The highest BCUT2D eigenvalue weighted by atomic mass is 32.1. The van der Waals surface area contributed by atoms with Crippen LogP contribution in [0.1, 0.15) is 17.0 Å². The number of non-ortho nitro benzene ring substituents is 1. The number of benzene rings is 2. The highest BCUT2D eigenvalue weighted by Crippen LogP contribution is 2.12. The van der Waals surface area contributed by atoms with Crippen LogP contribution < -0.4 is 0 Å². The smallest absolute Gasteiger partial charge is 0.258 e. The SMILES string of the molecule is O=[N+]([O-])c1cccc(/C=N/n2c(Cc3ccccc3)n[nH]c2=S)c1. The molecule has 0 atom stereocenters. The average Bonchev–Trinajstić information content (AvgIpc) is 2.94. The molecule has 0 spiro atoms. The second-order valence-corrected chi connectivity index (χ2v) is 5.40. The third-order valence-electron chi connectivity index (χ3n) is 3.33. The number of nitro groups is 1. The second kappa shape index (κ2) is 6.97. The van der Waals surface area contributed by atoms with Gasteiger partial charge in [0, 0.05) is 24.1 Å². The van der Waals surface area contributed by atoms with Crippen molar-refractivity contribution in [2.24, 2.45) is 5.10 Å². The van der Waals surface area contributed by atoms with Gasteiger partial charge in [-0.1, -0.05) is 42.5 Å². The largest absolute Gasteiger partial charge is 0.270 e. The van der Waals surface area contributed by atoms with Crippen LogP contribution in [0.15, 0.2) is 59.7 Å². The van der Waals surface area contributed by atoms with Crippen LogP contribution in [0, 0.1) is 14.9 Å². The van der Waals surface area contributed by atoms with Crippen LogP contribution in [0.3, 0.4) is 0 Å². The van der Waals surface area contributed by atoms with Crippen molar-refractivity contribution in [2.45, 2.75) is 6.42 Å². The minimum atomic E-state index is -0.443. The average molecular weight is 339 g/mol. The maximum absolute atomic E-state index is 10.8. The molecule has 0 amide bonds. The van der Waals surface area contributed by atoms with Gasteiger partial charge in [-0.3, -0.25) is 15.2 Å². The van der Waals surface area contributed by atoms with Crippen molar-refractivity contribution in [1.82, 2.24) is 14.9 Å². The van der Waals surface area contributed by atoms with Gasteiger partial charge >= 0.3 is 0 Å². The molecule has 2 aromatic carbocycles. The van der Waals surface area contributed by atoms with Gasteiger partial charge in [0.05, 0.1) is 11.1 Å². The molecule has 0 aliphatic rings. The van der Waals surface area contributed by atoms with E-state index in [4.69, 9.17) is 12.2 Å². The fourth-order valence-electron chi connectivity index (χ4n) is 2.18. The highest BCUT2D eigenvalue weighted by Gasteiger charge is 2.07. The maximum Gasteiger partial charge on any atom is 0.270 e. The van der Waals surface area contributed by atoms with Gasteiger partial charge < -0.3 is 0 Å². The molecule has 8 heteroatoms. The number of nitrogens with zero attached hydrogens (tertiary/aromatic N) is 4. The summed E-state index contributed by atoms with van der Waals surface area (Å²) in [6.45, 7) is 0. The van der Waals surface area contributed by atoms with Crippen LogP contribution in [-0.2, 0) is 6.42 Å². The van der Waals surface area contributed by atoms with Gasteiger partial charge in [0.2, 0.25) is 4.77 Å². The van der Waals surface area contributed by atoms with E-state index >= 15 is 0 Å². The Morgan fingerprint density at radius 1 is 1.25 bits per heavy atom. The van der Waals surface area contributed by atoms with E-state index in [0.29, 0.717) is 22.6 Å². The van der Waals surface area contributed by atoms with Crippen molar-refractivity contribution < 1.29 is 4.92 Å². The molecule has 0 saturated carbocycles. The molecule has 1 heterocycles. The monoisotopic (exact) mass is 339 g/mol. The van der Waals surface area contributed by atoms with Gasteiger partial charge in [0.15, 0.2) is 5.82 Å². The summed E-state index contributed by atoms with van der Waals surface area (Å²) in [5.74, 6) is 0.660. The first-order valence-electron chi connectivity index (χ1n) is 7.12. The van der Waals surface area contributed by atoms with Gasteiger partial charge in [-0.25, -0.2) is 0 Å². The molecule has 1 N–H and O–H groups in total. The molecule has 0 fully saturated rings. The maximum atomic E-state index is 10.8. The third-order valence-corrected chi connectivity index (χ3v) is 3.59. The second-order valence-electron chi connectivity index (χ2n) is 5.02. The van der Waals surface area contributed by atoms with Crippen LogP contribution in [0.4, 0.5) is 5.69 Å². The molecule has 0 aliphatic carbocycles. The van der Waals surface area contributed by atoms with Crippen molar-refractivity contribution in [3.05, 3.63) is 86.4 Å². The van der Waals surface area contributed by atoms with Crippen molar-refractivity contribution in [3.63, 3.8) is 0 Å². The van der Waals surface area contributed by atoms with E-state index in [1.807, 2.05) is 30.3 Å². The lowest BCUT2D eigenvalue weighted by Gasteiger charge is -2.01. The van der Waals surface area contributed by atoms with Crippen molar-refractivity contribution in [1.29, 1.82) is 0 Å². The Balaban J connectivity index is 1.88. The van der Waals surface area contributed by atoms with E-state index in [0.717, 1.165) is 5.56 Å². The molecule has 3 aromatic rings. The van der Waals surface area contributed by atoms with Crippen LogP contribution in [0.25, 0.3) is 0 Å². The third kappa shape index (κ3) is 3.61. The molecule has 0 radical (unpaired) electrons. The molecule has 120 valence electrons. The quantitative estimate of drug-likeness (QED) is 0.334. The Bertz CT molecular complexity index is 946. The Labute approximate surface area is 142 Å². The lowest BCUT2D eigenvalue weighted by molar-refractivity contribution is -0.384. The summed E-state index contributed by atoms with van der Waals surface area (Å²) in [7, 11) is 0. The summed E-state index contributed by atoms with van der Waals surface area (Å²) in [6, 6.07) is 16.1. The van der Waals surface area contributed by atoms with Crippen LogP contribution >= 0.6 is 12.2 Å². The number of nitro benzene ring substituents is 1. The normalized spacial score (nSPS) is 11.0. The molecule has 0 unspecified atom stereocenters. The molecular weight excluding hydrogens is 326 g/mol. The van der Waals surface area contributed by atoms with E-state index in [1.54, 1.807) is 12.1 Å². The van der Waals surface area contributed by atoms with E-state index in [2.05, 4.69) is 15.3 Å². The van der Waals surface area contributed by atoms with Crippen LogP contribution in [0.5, 0.6) is 0 Å². The Kier molecular flexibility index (Phi) is 4.57. The number of hydrogen-bond acceptors (Lipinski definition) is 5. The van der Waals surface area contributed by atoms with Crippen LogP contribution in [-0.4, -0.2) is 26.0 Å². The van der Waals surface area contributed by atoms with Crippen molar-refractivity contribution in [2.75, 3.05) is 0 Å². The Morgan fingerprint density at radius 3 is 2.79 bits per heavy atom. The lowest BCUT2D eigenvalue weighted by atomic mass is 10.1. The molecule has 7 nitrogen and oxygen atoms in total. The van der Waals surface area contributed by atoms with Crippen LogP contribution in [0.2, 0.25) is 0 Å². The summed E-state index contributed by atoms with van der Waals surface area (Å²) >= 11 is 5.19. The zero-order valence-corrected chi connectivity index (χ0v) is 13.3. The summed E-state index contributed by atoms with van der Waals surface area (Å²) in [4.78, 5) is 10.4. The summed E-state index contributed by atoms with van der Waals surface area (Å²) in [5, 5.41) is 22.0. The summed E-state index contributed by atoms with van der Waals surface area (Å²) in [6.07, 6.45) is 2.09. The number of hydrogen-bond donors (Lipinski definition) is 1. The zero-order valence-electron chi connectivity index (χ0n) is 12.5. The number of nitrogens with one attached hydrogen (secondary N) is 1. The lowest BCUT2D eigenvalue weighted by Crippen LogP contribution is -2.00. The van der Waals surface area contributed by atoms with Gasteiger partial charge in [0.1, 0.15) is 0 Å². The zero-order chi connectivity index (χ0) is 16.9. The van der Waals surface area contributed by atoms with E-state index < -0.39 is 4.92 Å². The Morgan fingerprint density at radius 2 is 2.04 bits per heavy atom. The van der Waals surface area contributed by atoms with Gasteiger partial charge in [0.25, 0.3) is 5.69 Å². The van der Waals surface area contributed by atoms with E-state index in [9.17, 15) is 10.1 Å². The van der Waals surface area contributed by atoms with Gasteiger partial charge in [-0.2, -0.15) is 14.9 Å². The molecule has 24 heavy (non-hydrogen) atoms. The first-order valence-corrected chi connectivity index (χ1v) is 7.53. The van der Waals surface area contributed by atoms with E-state index in [-0.39, 0.29) is 5.69 Å². The molecule has 3 rings (SSSR count). The first-order chi connectivity index (χ1) is 11.6. The predicted molar refractivity (Wildman–Crippen MR) is 92.7 cm³/mol. The van der Waals surface area contributed by atoms with Gasteiger partial charge in [-0.05, 0) is 17.8 Å². The Hall–Kier alpha value is -3.13. The van der Waals surface area contributed by atoms with E-state index in [1.165, 1.54) is 23.0 Å². The van der Waals surface area contributed by atoms with Crippen molar-refractivity contribution in [3.8, 4) is 0 Å². The number of H-pyrrole nitrogens is 1. The number of rotatable bonds is 5. The summed E-state index contributed by atoms with van der Waals surface area (Å²) in [5.41, 5.74) is 1.70. The standard InChI is InChI=1S/C16H13N5O2S/c22-21(23)14-8-4-7-13(9-14)11-17-20-15(18-19-16(20)24)10-12-5-2-1-3-6-12/h1-9,11H,10H2,(H,19,24)/b17-11+. The minimum Gasteiger partial charge on any atom is -0.258 e. The van der Waals surface area contributed by atoms with Crippen molar-refractivity contribution >= 4 is 24.1 Å². The molecule has 0 aliphatic heterocycles. The molecule has 0 saturated heterocycles. The molecule has 0 bridgehead atoms. The number of aromatic nitrogens is 3. The fourth-order valence-corrected chi connectivity index (χ4v) is 2.38. The topological polar surface area (TPSA) is 89.1 Å². The first kappa shape index (κ1) is 15.8. The fraction of sp³-hybridized carbons (Fsp3) is 0.0625. The molecule has 1 aromatic heterocycles. The number of aromatic amines is 1.